The van der Waals surface area contributed by atoms with Gasteiger partial charge in [0.05, 0.1) is 0 Å². The molecule has 0 N–H and O–H groups in total. The minimum absolute atomic E-state index is 0.0181. The highest BCUT2D eigenvalue weighted by Gasteiger charge is 2.43. The molecule has 1 nitrogen and oxygen atoms in total. The fraction of sp³-hybridized carbons (Fsp3) is 0.462. The van der Waals surface area contributed by atoms with E-state index in [1.54, 1.807) is 30.8 Å². The van der Waals surface area contributed by atoms with Crippen LogP contribution in [0.4, 0.5) is 4.11 Å². The molecule has 0 radical (unpaired) electrons. The Bertz CT molecular complexity index is 387. The fourth-order valence-electron chi connectivity index (χ4n) is 1.45. The standard InChI is InChI=1S/C13H19FOSi/c1-10(15)11-6-8-12(9-7-11)16(5,14)13(2,3)4/h6-9H,1-5H3. The van der Waals surface area contributed by atoms with Gasteiger partial charge in [-0.3, -0.25) is 4.79 Å². The molecule has 16 heavy (non-hydrogen) atoms. The van der Waals surface area contributed by atoms with E-state index in [0.717, 1.165) is 5.19 Å². The molecule has 88 valence electrons. The van der Waals surface area contributed by atoms with Crippen LogP contribution >= 0.6 is 0 Å². The van der Waals surface area contributed by atoms with E-state index in [-0.39, 0.29) is 10.8 Å². The molecule has 1 rings (SSSR count). The molecule has 0 saturated carbocycles. The lowest BCUT2D eigenvalue weighted by Gasteiger charge is -2.32. The number of halogens is 1. The van der Waals surface area contributed by atoms with Crippen molar-refractivity contribution in [1.29, 1.82) is 0 Å². The van der Waals surface area contributed by atoms with E-state index in [1.165, 1.54) is 6.92 Å². The lowest BCUT2D eigenvalue weighted by atomic mass is 10.2. The zero-order valence-corrected chi connectivity index (χ0v) is 11.6. The van der Waals surface area contributed by atoms with Crippen molar-refractivity contribution in [2.24, 2.45) is 0 Å². The molecule has 1 aromatic rings. The van der Waals surface area contributed by atoms with Crippen LogP contribution in [0.25, 0.3) is 0 Å². The van der Waals surface area contributed by atoms with E-state index in [9.17, 15) is 8.90 Å². The summed E-state index contributed by atoms with van der Waals surface area (Å²) in [6.45, 7) is 9.02. The summed E-state index contributed by atoms with van der Waals surface area (Å²) in [4.78, 5) is 11.1. The van der Waals surface area contributed by atoms with Crippen LogP contribution in [0.3, 0.4) is 0 Å². The second kappa shape index (κ2) is 4.13. The van der Waals surface area contributed by atoms with Gasteiger partial charge in [0.2, 0.25) is 0 Å². The number of ketones is 1. The summed E-state index contributed by atoms with van der Waals surface area (Å²) in [5, 5.41) is 0.426. The van der Waals surface area contributed by atoms with Gasteiger partial charge in [-0.1, -0.05) is 45.0 Å². The highest BCUT2D eigenvalue weighted by Crippen LogP contribution is 2.36. The number of benzene rings is 1. The summed E-state index contributed by atoms with van der Waals surface area (Å²) in [6, 6.07) is 6.95. The van der Waals surface area contributed by atoms with Crippen molar-refractivity contribution >= 4 is 19.4 Å². The van der Waals surface area contributed by atoms with Crippen molar-refractivity contribution in [1.82, 2.24) is 0 Å². The Kier molecular flexibility index (Phi) is 3.38. The van der Waals surface area contributed by atoms with Crippen molar-refractivity contribution in [3.05, 3.63) is 29.8 Å². The molecule has 0 fully saturated rings. The number of carbonyl (C=O) groups excluding carboxylic acids is 1. The molecule has 0 spiro atoms. The lowest BCUT2D eigenvalue weighted by molar-refractivity contribution is 0.101. The Morgan fingerprint density at radius 1 is 1.19 bits per heavy atom. The molecule has 3 heteroatoms. The largest absolute Gasteiger partial charge is 0.308 e. The Hall–Kier alpha value is -0.963. The van der Waals surface area contributed by atoms with E-state index in [0.29, 0.717) is 5.56 Å². The highest BCUT2D eigenvalue weighted by molar-refractivity contribution is 6.87. The molecular weight excluding hydrogens is 219 g/mol. The molecule has 0 heterocycles. The summed E-state index contributed by atoms with van der Waals surface area (Å²) in [6.07, 6.45) is 0. The van der Waals surface area contributed by atoms with Crippen LogP contribution in [-0.2, 0) is 0 Å². The number of hydrogen-bond acceptors (Lipinski definition) is 1. The van der Waals surface area contributed by atoms with Gasteiger partial charge in [0.15, 0.2) is 5.78 Å². The Labute approximate surface area is 97.9 Å². The number of carbonyl (C=O) groups is 1. The summed E-state index contributed by atoms with van der Waals surface area (Å²) in [5.41, 5.74) is 0.641. The van der Waals surface area contributed by atoms with Crippen molar-refractivity contribution in [2.45, 2.75) is 39.3 Å². The van der Waals surface area contributed by atoms with Crippen LogP contribution in [0, 0.1) is 0 Å². The van der Waals surface area contributed by atoms with E-state index in [4.69, 9.17) is 0 Å². The molecule has 0 aliphatic heterocycles. The van der Waals surface area contributed by atoms with E-state index in [1.807, 2.05) is 20.8 Å². The number of rotatable bonds is 2. The maximum Gasteiger partial charge on any atom is 0.279 e. The third-order valence-electron chi connectivity index (χ3n) is 3.24. The topological polar surface area (TPSA) is 17.1 Å². The molecule has 0 bridgehead atoms. The minimum atomic E-state index is -2.95. The summed E-state index contributed by atoms with van der Waals surface area (Å²) in [7, 11) is -2.95. The SMILES string of the molecule is CC(=O)c1ccc([Si](C)(F)C(C)(C)C)cc1. The van der Waals surface area contributed by atoms with Crippen LogP contribution in [0.5, 0.6) is 0 Å². The van der Waals surface area contributed by atoms with Gasteiger partial charge in [-0.05, 0) is 23.7 Å². The smallest absolute Gasteiger partial charge is 0.279 e. The monoisotopic (exact) mass is 238 g/mol. The minimum Gasteiger partial charge on any atom is -0.308 e. The zero-order valence-electron chi connectivity index (χ0n) is 10.6. The van der Waals surface area contributed by atoms with E-state index in [2.05, 4.69) is 0 Å². The second-order valence-corrected chi connectivity index (χ2v) is 9.47. The maximum atomic E-state index is 14.7. The third kappa shape index (κ3) is 2.40. The average Bonchev–Trinajstić information content (AvgIpc) is 2.16. The normalized spacial score (nSPS) is 15.6. The van der Waals surface area contributed by atoms with Gasteiger partial charge in [0.25, 0.3) is 8.41 Å². The molecule has 0 aliphatic carbocycles. The first-order valence-corrected chi connectivity index (χ1v) is 7.84. The molecular formula is C13H19FOSi. The third-order valence-corrected chi connectivity index (χ3v) is 7.48. The van der Waals surface area contributed by atoms with E-state index >= 15 is 0 Å². The lowest BCUT2D eigenvalue weighted by Crippen LogP contribution is -2.48. The highest BCUT2D eigenvalue weighted by atomic mass is 28.4. The second-order valence-electron chi connectivity index (χ2n) is 5.39. The van der Waals surface area contributed by atoms with Gasteiger partial charge >= 0.3 is 0 Å². The molecule has 0 amide bonds. The Balaban J connectivity index is 3.11. The van der Waals surface area contributed by atoms with Crippen LogP contribution in [0.1, 0.15) is 38.1 Å². The molecule has 0 saturated heterocycles. The summed E-state index contributed by atoms with van der Waals surface area (Å²) < 4.78 is 14.7. The van der Waals surface area contributed by atoms with Crippen LogP contribution in [-0.4, -0.2) is 14.2 Å². The van der Waals surface area contributed by atoms with Crippen molar-refractivity contribution < 1.29 is 8.90 Å². The predicted octanol–water partition coefficient (Wildman–Crippen LogP) is 3.44. The first-order chi connectivity index (χ1) is 7.16. The molecule has 1 unspecified atom stereocenters. The number of Topliss-reactive ketones (excluding diaryl/α,β-unsaturated/α-hetero) is 1. The first kappa shape index (κ1) is 13.1. The molecule has 0 aliphatic rings. The van der Waals surface area contributed by atoms with Crippen LogP contribution in [0.2, 0.25) is 11.6 Å². The van der Waals surface area contributed by atoms with Gasteiger partial charge in [0.1, 0.15) is 0 Å². The number of hydrogen-bond donors (Lipinski definition) is 0. The van der Waals surface area contributed by atoms with Gasteiger partial charge in [-0.25, -0.2) is 0 Å². The van der Waals surface area contributed by atoms with Crippen LogP contribution in [0.15, 0.2) is 24.3 Å². The Morgan fingerprint density at radius 2 is 1.62 bits per heavy atom. The van der Waals surface area contributed by atoms with Crippen molar-refractivity contribution in [3.8, 4) is 0 Å². The molecule has 1 atom stereocenters. The van der Waals surface area contributed by atoms with Gasteiger partial charge in [-0.2, -0.15) is 0 Å². The van der Waals surface area contributed by atoms with Crippen molar-refractivity contribution in [3.63, 3.8) is 0 Å². The van der Waals surface area contributed by atoms with Gasteiger partial charge in [0, 0.05) is 5.56 Å². The quantitative estimate of drug-likeness (QED) is 0.438. The van der Waals surface area contributed by atoms with Gasteiger partial charge < -0.3 is 4.11 Å². The van der Waals surface area contributed by atoms with E-state index < -0.39 is 8.41 Å². The predicted molar refractivity (Wildman–Crippen MR) is 68.5 cm³/mol. The average molecular weight is 238 g/mol. The maximum absolute atomic E-state index is 14.7. The zero-order chi connectivity index (χ0) is 12.6. The Morgan fingerprint density at radius 3 is 1.94 bits per heavy atom. The summed E-state index contributed by atoms with van der Waals surface area (Å²) in [5.74, 6) is 0.0181. The van der Waals surface area contributed by atoms with Gasteiger partial charge in [-0.15, -0.1) is 0 Å². The summed E-state index contributed by atoms with van der Waals surface area (Å²) >= 11 is 0. The molecule has 0 aromatic heterocycles. The molecule has 1 aromatic carbocycles. The van der Waals surface area contributed by atoms with Crippen molar-refractivity contribution in [2.75, 3.05) is 0 Å². The van der Waals surface area contributed by atoms with Crippen LogP contribution < -0.4 is 5.19 Å². The first-order valence-electron chi connectivity index (χ1n) is 5.46. The fourth-order valence-corrected chi connectivity index (χ4v) is 3.11.